The van der Waals surface area contributed by atoms with Crippen molar-refractivity contribution in [3.63, 3.8) is 0 Å². The van der Waals surface area contributed by atoms with E-state index in [1.54, 1.807) is 0 Å². The van der Waals surface area contributed by atoms with Crippen molar-refractivity contribution in [2.24, 2.45) is 0 Å². The quantitative estimate of drug-likeness (QED) is 0.0871. The van der Waals surface area contributed by atoms with Gasteiger partial charge in [0.25, 0.3) is 0 Å². The molecule has 0 rings (SSSR count). The zero-order chi connectivity index (χ0) is 52.0. The summed E-state index contributed by atoms with van der Waals surface area (Å²) in [5, 5.41) is 0. The molecule has 0 N–H and O–H groups in total. The summed E-state index contributed by atoms with van der Waals surface area (Å²) < 4.78 is 554. The first-order valence-corrected chi connectivity index (χ1v) is 12.6. The Hall–Kier alpha value is -2.50. The molecule has 0 amide bonds. The van der Waals surface area contributed by atoms with Crippen molar-refractivity contribution >= 4 is 0 Å². The summed E-state index contributed by atoms with van der Waals surface area (Å²) in [6.07, 6.45) is -37.2. The van der Waals surface area contributed by atoms with Gasteiger partial charge < -0.3 is 17.0 Å². The van der Waals surface area contributed by atoms with Crippen LogP contribution in [0.3, 0.4) is 0 Å². The lowest BCUT2D eigenvalue weighted by Crippen LogP contribution is -3.00. The highest BCUT2D eigenvalue weighted by Crippen LogP contribution is 2.71. The number of quaternary nitrogens is 1. The van der Waals surface area contributed by atoms with Gasteiger partial charge in [-0.2, -0.15) is 136 Å². The highest BCUT2D eigenvalue weighted by atomic mass is 79.9. The molecule has 0 atom stereocenters. The van der Waals surface area contributed by atoms with Crippen LogP contribution in [-0.4, -0.2) is 119 Å². The van der Waals surface area contributed by atoms with Crippen LogP contribution in [-0.2, 0) is 0 Å². The summed E-state index contributed by atoms with van der Waals surface area (Å²) >= 11 is 0. The van der Waals surface area contributed by atoms with Crippen molar-refractivity contribution in [2.45, 2.75) is 114 Å². The summed E-state index contributed by atoms with van der Waals surface area (Å²) in [5.74, 6) is -145. The Balaban J connectivity index is 0. The third kappa shape index (κ3) is 6.93. The van der Waals surface area contributed by atoms with Gasteiger partial charge in [0.2, 0.25) is 0 Å². The van der Waals surface area contributed by atoms with Gasteiger partial charge in [-0.05, 0) is 0 Å². The first kappa shape index (κ1) is 62.6. The molecule has 0 radical (unpaired) electrons. The van der Waals surface area contributed by atoms with Crippen LogP contribution in [0.15, 0.2) is 0 Å². The molecular weight excluding hydrogens is 1120 g/mol. The van der Waals surface area contributed by atoms with E-state index in [9.17, 15) is 184 Å². The molecule has 0 fully saturated rings. The fourth-order valence-electron chi connectivity index (χ4n) is 3.85. The fourth-order valence-corrected chi connectivity index (χ4v) is 3.85. The predicted octanol–water partition coefficient (Wildman–Crippen LogP) is 10.4. The van der Waals surface area contributed by atoms with Crippen LogP contribution in [0.25, 0.3) is 0 Å². The molecule has 0 spiro atoms. The number of hydrogen-bond donors (Lipinski definition) is 0. The normalized spacial score (nSPS) is 17.2. The van der Waals surface area contributed by atoms with E-state index in [4.69, 9.17) is 0 Å². The molecule has 0 saturated carbocycles. The molecule has 0 aromatic heterocycles. The zero-order valence-corrected chi connectivity index (χ0v) is 27.8. The average Bonchev–Trinajstić information content (AvgIpc) is 2.96. The Bertz CT molecular complexity index is 1590. The largest absolute Gasteiger partial charge is 1.00 e. The highest BCUT2D eigenvalue weighted by molar-refractivity contribution is 5.22. The van der Waals surface area contributed by atoms with E-state index in [-0.39, 0.29) is 17.0 Å². The summed E-state index contributed by atoms with van der Waals surface area (Å²) in [5.41, 5.74) is 0. The summed E-state index contributed by atoms with van der Waals surface area (Å²) in [6.45, 7) is 0. The number of rotatable bonds is 15. The minimum atomic E-state index is -10.7. The van der Waals surface area contributed by atoms with Crippen LogP contribution in [0, 0.1) is 0 Å². The topological polar surface area (TPSA) is 0 Å². The Morgan fingerprint density at radius 3 is 0.381 bits per heavy atom. The van der Waals surface area contributed by atoms with Crippen molar-refractivity contribution in [3.05, 3.63) is 0 Å². The van der Waals surface area contributed by atoms with Crippen molar-refractivity contribution in [2.75, 3.05) is 0 Å². The average molecular weight is 1120 g/mol. The van der Waals surface area contributed by atoms with E-state index < -0.39 is 119 Å². The Labute approximate surface area is 321 Å². The predicted molar refractivity (Wildman–Crippen MR) is 98.7 cm³/mol. The van der Waals surface area contributed by atoms with Crippen LogP contribution in [0.1, 0.15) is 0 Å². The number of hydrogen-bond acceptors (Lipinski definition) is 0. The van der Waals surface area contributed by atoms with Crippen LogP contribution < -0.4 is 17.0 Å². The molecule has 1 nitrogen and oxygen atoms in total. The van der Waals surface area contributed by atoms with Gasteiger partial charge in [-0.1, -0.05) is 0 Å². The molecule has 382 valence electrons. The summed E-state index contributed by atoms with van der Waals surface area (Å²) in [7, 11) is 0. The lowest BCUT2D eigenvalue weighted by molar-refractivity contribution is -1.22. The molecule has 0 bridgehead atoms. The molecule has 44 heteroatoms. The van der Waals surface area contributed by atoms with Gasteiger partial charge in [-0.25, -0.2) is 0 Å². The van der Waals surface area contributed by atoms with Crippen molar-refractivity contribution in [1.29, 1.82) is 0 Å². The molecular formula is C19BrF42N. The minimum absolute atomic E-state index is 0. The van der Waals surface area contributed by atoms with Crippen molar-refractivity contribution < 1.29 is 206 Å². The van der Waals surface area contributed by atoms with Gasteiger partial charge in [0.05, 0.1) is 0 Å². The van der Waals surface area contributed by atoms with Gasteiger partial charge in [0.1, 0.15) is 0 Å². The van der Waals surface area contributed by atoms with Gasteiger partial charge in [0, 0.05) is 4.48 Å². The third-order valence-corrected chi connectivity index (χ3v) is 7.42. The third-order valence-electron chi connectivity index (χ3n) is 7.42. The maximum atomic E-state index is 14.0. The smallest absolute Gasteiger partial charge is 0.581 e. The van der Waals surface area contributed by atoms with Crippen LogP contribution in [0.2, 0.25) is 0 Å². The second-order valence-electron chi connectivity index (χ2n) is 11.2. The van der Waals surface area contributed by atoms with Crippen LogP contribution in [0.5, 0.6) is 0 Å². The number of halogens is 43. The first-order chi connectivity index (χ1) is 25.8. The molecule has 0 saturated heterocycles. The molecule has 0 aliphatic heterocycles. The second-order valence-corrected chi connectivity index (χ2v) is 11.2. The summed E-state index contributed by atoms with van der Waals surface area (Å²) in [6, 6.07) is -10.6. The molecule has 63 heavy (non-hydrogen) atoms. The molecule has 0 aliphatic rings. The van der Waals surface area contributed by atoms with Gasteiger partial charge >= 0.3 is 114 Å². The Morgan fingerprint density at radius 2 is 0.270 bits per heavy atom. The number of nitrogens with zero attached hydrogens (tertiary/aromatic N) is 1. The lowest BCUT2D eigenvalue weighted by atomic mass is 9.83. The Kier molecular flexibility index (Phi) is 14.7. The first-order valence-electron chi connectivity index (χ1n) is 12.6. The van der Waals surface area contributed by atoms with Crippen LogP contribution >= 0.6 is 0 Å². The van der Waals surface area contributed by atoms with E-state index in [0.717, 1.165) is 0 Å². The minimum Gasteiger partial charge on any atom is -1.00 e. The molecule has 0 aliphatic carbocycles. The van der Waals surface area contributed by atoms with E-state index in [1.165, 1.54) is 0 Å². The van der Waals surface area contributed by atoms with Gasteiger partial charge in [0.15, 0.2) is 0 Å². The molecule has 0 unspecified atom stereocenters. The maximum absolute atomic E-state index is 14.0. The van der Waals surface area contributed by atoms with Gasteiger partial charge in [-0.15, -0.1) is 48.3 Å². The SMILES string of the molecule is FC(F)(F)C(F)(F)C(F)(F)C(F)(F)C(F)(F)C(F)(F)C(F)(F)C(F)(F)C(F)(F)C(F)(F)C(F)(F)C(F)(F)C(F)(F)C(F)(F)C(F)(F)C(F)(F)[N+](C(F)(F)F)(C(F)(F)F)C(F)(F)F.[Br-]. The van der Waals surface area contributed by atoms with Gasteiger partial charge in [-0.3, -0.25) is 0 Å². The monoisotopic (exact) mass is 1120 g/mol. The Morgan fingerprint density at radius 1 is 0.159 bits per heavy atom. The van der Waals surface area contributed by atoms with E-state index >= 15 is 0 Å². The number of alkyl halides is 42. The maximum Gasteiger partial charge on any atom is 0.581 e. The standard InChI is InChI=1S/C19F42N.BrH/c20-1(21,3(24,25)5(28,29)7(32,33)9(36,37)11(40,41)13(44,45)15(48,49)50)2(22,23)4(26,27)6(30,31)8(34,35)10(38,39)12(42,43)14(46,47)16(51,52)62(17(53,54)55,18(56,57)58)19(59,60)61;/h;1H/q+1;/p-1. The fraction of sp³-hybridized carbons (Fsp3) is 1.00. The molecule has 0 aromatic carbocycles. The van der Waals surface area contributed by atoms with Crippen molar-refractivity contribution in [3.8, 4) is 0 Å². The zero-order valence-electron chi connectivity index (χ0n) is 26.2. The van der Waals surface area contributed by atoms with E-state index in [0.29, 0.717) is 0 Å². The molecule has 0 aromatic rings. The second kappa shape index (κ2) is 14.7. The van der Waals surface area contributed by atoms with Crippen molar-refractivity contribution in [1.82, 2.24) is 0 Å². The summed E-state index contributed by atoms with van der Waals surface area (Å²) in [4.78, 5) is 0. The van der Waals surface area contributed by atoms with Crippen LogP contribution in [0.4, 0.5) is 184 Å². The molecule has 0 heterocycles. The van der Waals surface area contributed by atoms with E-state index in [1.807, 2.05) is 0 Å². The lowest BCUT2D eigenvalue weighted by Gasteiger charge is -2.48. The highest BCUT2D eigenvalue weighted by Gasteiger charge is 3.06. The van der Waals surface area contributed by atoms with E-state index in [2.05, 4.69) is 0 Å².